The summed E-state index contributed by atoms with van der Waals surface area (Å²) in [5, 5.41) is 2.85. The van der Waals surface area contributed by atoms with Crippen LogP contribution in [0.15, 0.2) is 0 Å². The number of unbranched alkanes of at least 4 members (excludes halogenated alkanes) is 3. The number of nitrogens with one attached hydrogen (secondary N) is 2. The third-order valence-corrected chi connectivity index (χ3v) is 3.03. The van der Waals surface area contributed by atoms with Gasteiger partial charge in [0.15, 0.2) is 0 Å². The van der Waals surface area contributed by atoms with Gasteiger partial charge in [0, 0.05) is 19.5 Å². The third kappa shape index (κ3) is 13.3. The molecule has 2 N–H and O–H groups in total. The van der Waals surface area contributed by atoms with Gasteiger partial charge in [-0.1, -0.05) is 19.8 Å². The summed E-state index contributed by atoms with van der Waals surface area (Å²) < 4.78 is 23.9. The van der Waals surface area contributed by atoms with E-state index < -0.39 is 10.0 Å². The van der Waals surface area contributed by atoms with Crippen molar-refractivity contribution in [3.63, 3.8) is 0 Å². The van der Waals surface area contributed by atoms with E-state index in [1.54, 1.807) is 0 Å². The van der Waals surface area contributed by atoms with Crippen LogP contribution in [-0.4, -0.2) is 33.7 Å². The van der Waals surface area contributed by atoms with Gasteiger partial charge in [-0.15, -0.1) is 0 Å². The van der Waals surface area contributed by atoms with Gasteiger partial charge in [-0.25, -0.2) is 13.1 Å². The average Bonchev–Trinajstić information content (AvgIpc) is 2.23. The van der Waals surface area contributed by atoms with Crippen LogP contribution in [0.5, 0.6) is 0 Å². The Morgan fingerprint density at radius 3 is 2.29 bits per heavy atom. The van der Waals surface area contributed by atoms with E-state index in [-0.39, 0.29) is 5.91 Å². The van der Waals surface area contributed by atoms with Crippen LogP contribution in [0.25, 0.3) is 0 Å². The van der Waals surface area contributed by atoms with E-state index in [2.05, 4.69) is 17.0 Å². The summed E-state index contributed by atoms with van der Waals surface area (Å²) in [5.41, 5.74) is 0. The zero-order valence-corrected chi connectivity index (χ0v) is 11.6. The van der Waals surface area contributed by atoms with Gasteiger partial charge in [0.1, 0.15) is 0 Å². The maximum absolute atomic E-state index is 11.2. The van der Waals surface area contributed by atoms with Crippen LogP contribution in [-0.2, 0) is 14.8 Å². The maximum Gasteiger partial charge on any atom is 0.219 e. The Labute approximate surface area is 104 Å². The smallest absolute Gasteiger partial charge is 0.219 e. The lowest BCUT2D eigenvalue weighted by Crippen LogP contribution is -2.25. The first-order chi connectivity index (χ1) is 7.95. The molecular formula is C11H24N2O3S. The highest BCUT2D eigenvalue weighted by Gasteiger charge is 2.00. The normalized spacial score (nSPS) is 11.4. The van der Waals surface area contributed by atoms with Crippen molar-refractivity contribution in [3.05, 3.63) is 0 Å². The number of sulfonamides is 1. The molecule has 0 rings (SSSR count). The predicted molar refractivity (Wildman–Crippen MR) is 69.2 cm³/mol. The number of hydrogen-bond acceptors (Lipinski definition) is 3. The van der Waals surface area contributed by atoms with Crippen molar-refractivity contribution in [3.8, 4) is 0 Å². The summed E-state index contributed by atoms with van der Waals surface area (Å²) in [7, 11) is -3.06. The molecular weight excluding hydrogens is 240 g/mol. The molecule has 0 radical (unpaired) electrons. The van der Waals surface area contributed by atoms with Crippen LogP contribution in [0, 0.1) is 0 Å². The summed E-state index contributed by atoms with van der Waals surface area (Å²) in [6.07, 6.45) is 6.33. The Morgan fingerprint density at radius 2 is 1.71 bits per heavy atom. The van der Waals surface area contributed by atoms with Gasteiger partial charge in [0.2, 0.25) is 15.9 Å². The minimum Gasteiger partial charge on any atom is -0.356 e. The van der Waals surface area contributed by atoms with Crippen LogP contribution in [0.4, 0.5) is 0 Å². The number of hydrogen-bond donors (Lipinski definition) is 2. The second-order valence-corrected chi connectivity index (χ2v) is 6.01. The average molecular weight is 264 g/mol. The van der Waals surface area contributed by atoms with E-state index in [9.17, 15) is 13.2 Å². The lowest BCUT2D eigenvalue weighted by molar-refractivity contribution is -0.121. The van der Waals surface area contributed by atoms with Crippen LogP contribution < -0.4 is 10.0 Å². The monoisotopic (exact) mass is 264 g/mol. The van der Waals surface area contributed by atoms with Gasteiger partial charge in [-0.05, 0) is 19.3 Å². The second kappa shape index (κ2) is 9.41. The molecule has 0 saturated heterocycles. The Kier molecular flexibility index (Phi) is 9.07. The summed E-state index contributed by atoms with van der Waals surface area (Å²) in [6, 6.07) is 0. The van der Waals surface area contributed by atoms with Crippen LogP contribution >= 0.6 is 0 Å². The van der Waals surface area contributed by atoms with Crippen molar-refractivity contribution in [2.24, 2.45) is 0 Å². The van der Waals surface area contributed by atoms with Crippen molar-refractivity contribution in [1.82, 2.24) is 10.0 Å². The lowest BCUT2D eigenvalue weighted by Gasteiger charge is -2.05. The fourth-order valence-corrected chi connectivity index (χ4v) is 1.85. The van der Waals surface area contributed by atoms with Crippen molar-refractivity contribution in [1.29, 1.82) is 0 Å². The molecule has 102 valence electrons. The zero-order valence-electron chi connectivity index (χ0n) is 10.8. The molecule has 0 aromatic carbocycles. The molecule has 0 saturated carbocycles. The Balaban J connectivity index is 3.26. The molecule has 0 aliphatic carbocycles. The maximum atomic E-state index is 11.2. The van der Waals surface area contributed by atoms with Crippen molar-refractivity contribution < 1.29 is 13.2 Å². The molecule has 0 aromatic rings. The van der Waals surface area contributed by atoms with E-state index in [0.29, 0.717) is 19.5 Å². The van der Waals surface area contributed by atoms with E-state index in [0.717, 1.165) is 38.4 Å². The standard InChI is InChI=1S/C11H24N2O3S/c1-3-4-8-11(14)12-9-6-5-7-10-13-17(2,15)16/h13H,3-10H2,1-2H3,(H,12,14). The minimum absolute atomic E-state index is 0.112. The van der Waals surface area contributed by atoms with E-state index in [4.69, 9.17) is 0 Å². The summed E-state index contributed by atoms with van der Waals surface area (Å²) in [5.74, 6) is 0.112. The molecule has 0 fully saturated rings. The topological polar surface area (TPSA) is 75.3 Å². The van der Waals surface area contributed by atoms with Gasteiger partial charge < -0.3 is 5.32 Å². The molecule has 0 aliphatic heterocycles. The van der Waals surface area contributed by atoms with E-state index in [1.165, 1.54) is 0 Å². The molecule has 0 unspecified atom stereocenters. The first kappa shape index (κ1) is 16.4. The van der Waals surface area contributed by atoms with Crippen molar-refractivity contribution >= 4 is 15.9 Å². The number of carbonyl (C=O) groups excluding carboxylic acids is 1. The van der Waals surface area contributed by atoms with Crippen molar-refractivity contribution in [2.45, 2.75) is 45.4 Å². The summed E-state index contributed by atoms with van der Waals surface area (Å²) >= 11 is 0. The first-order valence-electron chi connectivity index (χ1n) is 6.17. The molecule has 1 amide bonds. The fraction of sp³-hybridized carbons (Fsp3) is 0.909. The molecule has 6 heteroatoms. The number of rotatable bonds is 10. The van der Waals surface area contributed by atoms with Crippen LogP contribution in [0.1, 0.15) is 45.4 Å². The minimum atomic E-state index is -3.06. The molecule has 0 aliphatic rings. The third-order valence-electron chi connectivity index (χ3n) is 2.30. The molecule has 0 aromatic heterocycles. The predicted octanol–water partition coefficient (Wildman–Crippen LogP) is 1.01. The number of amides is 1. The van der Waals surface area contributed by atoms with E-state index in [1.807, 2.05) is 0 Å². The zero-order chi connectivity index (χ0) is 13.1. The molecule has 0 atom stereocenters. The molecule has 0 bridgehead atoms. The largest absolute Gasteiger partial charge is 0.356 e. The van der Waals surface area contributed by atoms with E-state index >= 15 is 0 Å². The summed E-state index contributed by atoms with van der Waals surface area (Å²) in [6.45, 7) is 3.21. The highest BCUT2D eigenvalue weighted by molar-refractivity contribution is 7.88. The first-order valence-corrected chi connectivity index (χ1v) is 8.06. The quantitative estimate of drug-likeness (QED) is 0.578. The van der Waals surface area contributed by atoms with Crippen LogP contribution in [0.2, 0.25) is 0 Å². The number of carbonyl (C=O) groups is 1. The van der Waals surface area contributed by atoms with Gasteiger partial charge >= 0.3 is 0 Å². The highest BCUT2D eigenvalue weighted by atomic mass is 32.2. The van der Waals surface area contributed by atoms with Gasteiger partial charge in [-0.2, -0.15) is 0 Å². The molecule has 17 heavy (non-hydrogen) atoms. The molecule has 5 nitrogen and oxygen atoms in total. The second-order valence-electron chi connectivity index (χ2n) is 4.18. The van der Waals surface area contributed by atoms with Gasteiger partial charge in [0.05, 0.1) is 6.26 Å². The van der Waals surface area contributed by atoms with Crippen LogP contribution in [0.3, 0.4) is 0 Å². The Hall–Kier alpha value is -0.620. The molecule has 0 heterocycles. The Morgan fingerprint density at radius 1 is 1.06 bits per heavy atom. The lowest BCUT2D eigenvalue weighted by atomic mass is 10.2. The molecule has 0 spiro atoms. The fourth-order valence-electron chi connectivity index (χ4n) is 1.34. The van der Waals surface area contributed by atoms with Crippen molar-refractivity contribution in [2.75, 3.05) is 19.3 Å². The van der Waals surface area contributed by atoms with Gasteiger partial charge in [0.25, 0.3) is 0 Å². The SMILES string of the molecule is CCCCC(=O)NCCCCCNS(C)(=O)=O. The Bertz CT molecular complexity index is 302. The van der Waals surface area contributed by atoms with Gasteiger partial charge in [-0.3, -0.25) is 4.79 Å². The summed E-state index contributed by atoms with van der Waals surface area (Å²) in [4.78, 5) is 11.2. The highest BCUT2D eigenvalue weighted by Crippen LogP contribution is 1.95.